The molecule has 132 valence electrons. The molecule has 1 amide bonds. The largest absolute Gasteiger partial charge is 0.465 e. The molecular formula is C20H24N2O3. The van der Waals surface area contributed by atoms with Crippen LogP contribution in [-0.2, 0) is 14.9 Å². The first-order valence-corrected chi connectivity index (χ1v) is 8.12. The van der Waals surface area contributed by atoms with E-state index in [2.05, 4.69) is 36.1 Å². The molecule has 0 aromatic heterocycles. The zero-order valence-electron chi connectivity index (χ0n) is 15.1. The standard InChI is InChI=1S/C20H24N2O3/c1-20(2,3)15-8-10-16(11-9-15)22-18(23)13-21-17-7-5-6-14(12-17)19(24)25-4/h5-12,21H,13H2,1-4H3,(H,22,23). The van der Waals surface area contributed by atoms with Gasteiger partial charge in [-0.05, 0) is 41.3 Å². The number of benzene rings is 2. The fraction of sp³-hybridized carbons (Fsp3) is 0.300. The zero-order chi connectivity index (χ0) is 18.4. The zero-order valence-corrected chi connectivity index (χ0v) is 15.1. The third kappa shape index (κ3) is 5.35. The molecule has 0 saturated heterocycles. The molecule has 0 aliphatic carbocycles. The van der Waals surface area contributed by atoms with Crippen LogP contribution >= 0.6 is 0 Å². The van der Waals surface area contributed by atoms with Crippen molar-refractivity contribution in [3.63, 3.8) is 0 Å². The molecule has 2 aromatic rings. The van der Waals surface area contributed by atoms with Gasteiger partial charge in [0.1, 0.15) is 0 Å². The SMILES string of the molecule is COC(=O)c1cccc(NCC(=O)Nc2ccc(C(C)(C)C)cc2)c1. The Morgan fingerprint density at radius 3 is 2.28 bits per heavy atom. The average molecular weight is 340 g/mol. The Hall–Kier alpha value is -2.82. The Morgan fingerprint density at radius 2 is 1.68 bits per heavy atom. The number of carbonyl (C=O) groups excluding carboxylic acids is 2. The fourth-order valence-electron chi connectivity index (χ4n) is 2.32. The summed E-state index contributed by atoms with van der Waals surface area (Å²) in [4.78, 5) is 23.6. The summed E-state index contributed by atoms with van der Waals surface area (Å²) in [5, 5.41) is 5.85. The average Bonchev–Trinajstić information content (AvgIpc) is 2.59. The molecule has 0 radical (unpaired) electrons. The monoisotopic (exact) mass is 340 g/mol. The quantitative estimate of drug-likeness (QED) is 0.812. The van der Waals surface area contributed by atoms with Crippen molar-refractivity contribution < 1.29 is 14.3 Å². The van der Waals surface area contributed by atoms with Crippen molar-refractivity contribution >= 4 is 23.3 Å². The molecule has 0 fully saturated rings. The molecule has 2 N–H and O–H groups in total. The Morgan fingerprint density at radius 1 is 1.00 bits per heavy atom. The minimum atomic E-state index is -0.410. The van der Waals surface area contributed by atoms with Crippen molar-refractivity contribution in [2.24, 2.45) is 0 Å². The number of amides is 1. The number of rotatable bonds is 5. The number of anilines is 2. The molecule has 0 aliphatic heterocycles. The van der Waals surface area contributed by atoms with Crippen LogP contribution in [0.25, 0.3) is 0 Å². The number of methoxy groups -OCH3 is 1. The number of nitrogens with one attached hydrogen (secondary N) is 2. The number of hydrogen-bond donors (Lipinski definition) is 2. The summed E-state index contributed by atoms with van der Waals surface area (Å²) in [5.41, 5.74) is 3.16. The maximum atomic E-state index is 12.1. The third-order valence-corrected chi connectivity index (χ3v) is 3.77. The van der Waals surface area contributed by atoms with Crippen LogP contribution in [0.5, 0.6) is 0 Å². The number of carbonyl (C=O) groups is 2. The lowest BCUT2D eigenvalue weighted by atomic mass is 9.87. The van der Waals surface area contributed by atoms with Gasteiger partial charge >= 0.3 is 5.97 Å². The van der Waals surface area contributed by atoms with Gasteiger partial charge in [-0.1, -0.05) is 39.0 Å². The van der Waals surface area contributed by atoms with Crippen LogP contribution < -0.4 is 10.6 Å². The molecule has 0 unspecified atom stereocenters. The molecule has 5 heteroatoms. The highest BCUT2D eigenvalue weighted by atomic mass is 16.5. The minimum absolute atomic E-state index is 0.0781. The van der Waals surface area contributed by atoms with Gasteiger partial charge < -0.3 is 15.4 Å². The molecular weight excluding hydrogens is 316 g/mol. The summed E-state index contributed by atoms with van der Waals surface area (Å²) in [6, 6.07) is 14.7. The third-order valence-electron chi connectivity index (χ3n) is 3.77. The molecule has 0 spiro atoms. The molecule has 2 aromatic carbocycles. The van der Waals surface area contributed by atoms with Crippen molar-refractivity contribution in [2.75, 3.05) is 24.3 Å². The predicted octanol–water partition coefficient (Wildman–Crippen LogP) is 3.82. The lowest BCUT2D eigenvalue weighted by Gasteiger charge is -2.19. The van der Waals surface area contributed by atoms with Gasteiger partial charge in [0.25, 0.3) is 0 Å². The van der Waals surface area contributed by atoms with Crippen LogP contribution in [0.1, 0.15) is 36.7 Å². The van der Waals surface area contributed by atoms with Gasteiger partial charge in [-0.15, -0.1) is 0 Å². The highest BCUT2D eigenvalue weighted by Crippen LogP contribution is 2.23. The van der Waals surface area contributed by atoms with E-state index in [0.717, 1.165) is 5.69 Å². The smallest absolute Gasteiger partial charge is 0.337 e. The highest BCUT2D eigenvalue weighted by molar-refractivity contribution is 5.94. The molecule has 2 rings (SSSR count). The molecule has 0 atom stereocenters. The van der Waals surface area contributed by atoms with Crippen LogP contribution in [0.2, 0.25) is 0 Å². The van der Waals surface area contributed by atoms with Gasteiger partial charge in [-0.3, -0.25) is 4.79 Å². The number of hydrogen-bond acceptors (Lipinski definition) is 4. The van der Waals surface area contributed by atoms with Crippen LogP contribution in [0.15, 0.2) is 48.5 Å². The predicted molar refractivity (Wildman–Crippen MR) is 100 cm³/mol. The Labute approximate surface area is 148 Å². The fourth-order valence-corrected chi connectivity index (χ4v) is 2.32. The first-order valence-electron chi connectivity index (χ1n) is 8.12. The van der Waals surface area contributed by atoms with Gasteiger partial charge in [0.05, 0.1) is 19.2 Å². The molecule has 25 heavy (non-hydrogen) atoms. The number of esters is 1. The lowest BCUT2D eigenvalue weighted by molar-refractivity contribution is -0.114. The first kappa shape index (κ1) is 18.5. The van der Waals surface area contributed by atoms with Gasteiger partial charge in [-0.2, -0.15) is 0 Å². The second kappa shape index (κ2) is 7.83. The Bertz CT molecular complexity index is 746. The van der Waals surface area contributed by atoms with Crippen LogP contribution in [-0.4, -0.2) is 25.5 Å². The van der Waals surface area contributed by atoms with Crippen molar-refractivity contribution in [2.45, 2.75) is 26.2 Å². The molecule has 0 aliphatic rings. The summed E-state index contributed by atoms with van der Waals surface area (Å²) in [5.74, 6) is -0.570. The highest BCUT2D eigenvalue weighted by Gasteiger charge is 2.13. The number of ether oxygens (including phenoxy) is 1. The maximum Gasteiger partial charge on any atom is 0.337 e. The van der Waals surface area contributed by atoms with Crippen molar-refractivity contribution in [3.8, 4) is 0 Å². The van der Waals surface area contributed by atoms with Crippen molar-refractivity contribution in [1.29, 1.82) is 0 Å². The minimum Gasteiger partial charge on any atom is -0.465 e. The van der Waals surface area contributed by atoms with Gasteiger partial charge in [-0.25, -0.2) is 4.79 Å². The van der Waals surface area contributed by atoms with Crippen LogP contribution in [0.4, 0.5) is 11.4 Å². The molecule has 5 nitrogen and oxygen atoms in total. The topological polar surface area (TPSA) is 67.4 Å². The molecule has 0 saturated carbocycles. The van der Waals surface area contributed by atoms with Crippen molar-refractivity contribution in [3.05, 3.63) is 59.7 Å². The van der Waals surface area contributed by atoms with E-state index in [9.17, 15) is 9.59 Å². The van der Waals surface area contributed by atoms with Gasteiger partial charge in [0.2, 0.25) is 5.91 Å². The second-order valence-corrected chi connectivity index (χ2v) is 6.80. The van der Waals surface area contributed by atoms with E-state index in [-0.39, 0.29) is 17.9 Å². The van der Waals surface area contributed by atoms with E-state index < -0.39 is 5.97 Å². The summed E-state index contributed by atoms with van der Waals surface area (Å²) in [7, 11) is 1.33. The summed E-state index contributed by atoms with van der Waals surface area (Å²) < 4.78 is 4.68. The van der Waals surface area contributed by atoms with Gasteiger partial charge in [0, 0.05) is 11.4 Å². The molecule has 0 bridgehead atoms. The van der Waals surface area contributed by atoms with E-state index in [1.165, 1.54) is 12.7 Å². The van der Waals surface area contributed by atoms with E-state index in [1.807, 2.05) is 24.3 Å². The molecule has 0 heterocycles. The van der Waals surface area contributed by atoms with Gasteiger partial charge in [0.15, 0.2) is 0 Å². The summed E-state index contributed by atoms with van der Waals surface area (Å²) in [6.45, 7) is 6.54. The van der Waals surface area contributed by atoms with E-state index in [0.29, 0.717) is 11.3 Å². The normalized spacial score (nSPS) is 10.9. The lowest BCUT2D eigenvalue weighted by Crippen LogP contribution is -2.22. The van der Waals surface area contributed by atoms with Crippen molar-refractivity contribution in [1.82, 2.24) is 0 Å². The van der Waals surface area contributed by atoms with Crippen LogP contribution in [0, 0.1) is 0 Å². The van der Waals surface area contributed by atoms with E-state index in [1.54, 1.807) is 24.3 Å². The van der Waals surface area contributed by atoms with Crippen LogP contribution in [0.3, 0.4) is 0 Å². The van der Waals surface area contributed by atoms with E-state index >= 15 is 0 Å². The Balaban J connectivity index is 1.92. The summed E-state index contributed by atoms with van der Waals surface area (Å²) in [6.07, 6.45) is 0. The first-order chi connectivity index (χ1) is 11.8. The second-order valence-electron chi connectivity index (χ2n) is 6.80. The van der Waals surface area contributed by atoms with E-state index in [4.69, 9.17) is 0 Å². The summed E-state index contributed by atoms with van der Waals surface area (Å²) >= 11 is 0. The maximum absolute atomic E-state index is 12.1. The Kier molecular flexibility index (Phi) is 5.80.